The van der Waals surface area contributed by atoms with E-state index in [1.54, 1.807) is 6.20 Å². The SMILES string of the molecule is CN(Cc1nccn1C)c1cc(CO)c2ccccc2n1. The molecule has 5 heteroatoms. The molecule has 0 radical (unpaired) electrons. The first-order valence-electron chi connectivity index (χ1n) is 6.86. The van der Waals surface area contributed by atoms with E-state index >= 15 is 0 Å². The van der Waals surface area contributed by atoms with Crippen molar-refractivity contribution in [3.63, 3.8) is 0 Å². The normalized spacial score (nSPS) is 11.0. The highest BCUT2D eigenvalue weighted by atomic mass is 16.3. The van der Waals surface area contributed by atoms with Gasteiger partial charge < -0.3 is 14.6 Å². The van der Waals surface area contributed by atoms with Gasteiger partial charge in [-0.25, -0.2) is 9.97 Å². The Morgan fingerprint density at radius 3 is 2.81 bits per heavy atom. The Balaban J connectivity index is 1.98. The van der Waals surface area contributed by atoms with Crippen LogP contribution in [0.4, 0.5) is 5.82 Å². The quantitative estimate of drug-likeness (QED) is 0.796. The molecule has 0 aliphatic rings. The van der Waals surface area contributed by atoms with Crippen LogP contribution in [0.1, 0.15) is 11.4 Å². The lowest BCUT2D eigenvalue weighted by molar-refractivity contribution is 0.283. The molecule has 0 aliphatic carbocycles. The Morgan fingerprint density at radius 1 is 1.29 bits per heavy atom. The van der Waals surface area contributed by atoms with Crippen LogP contribution < -0.4 is 4.90 Å². The zero-order valence-electron chi connectivity index (χ0n) is 12.2. The van der Waals surface area contributed by atoms with Crippen LogP contribution in [0.3, 0.4) is 0 Å². The van der Waals surface area contributed by atoms with Gasteiger partial charge in [-0.3, -0.25) is 0 Å². The molecule has 3 aromatic rings. The van der Waals surface area contributed by atoms with Crippen LogP contribution in [0.5, 0.6) is 0 Å². The standard InChI is InChI=1S/C16H18N4O/c1-19-8-7-17-16(19)10-20(2)15-9-12(11-21)13-5-3-4-6-14(13)18-15/h3-9,21H,10-11H2,1-2H3. The molecule has 2 heterocycles. The molecule has 0 aliphatic heterocycles. The molecular weight excluding hydrogens is 264 g/mol. The van der Waals surface area contributed by atoms with E-state index in [1.165, 1.54) is 0 Å². The van der Waals surface area contributed by atoms with Crippen LogP contribution in [-0.4, -0.2) is 26.7 Å². The van der Waals surface area contributed by atoms with Crippen molar-refractivity contribution < 1.29 is 5.11 Å². The van der Waals surface area contributed by atoms with Crippen molar-refractivity contribution in [3.8, 4) is 0 Å². The van der Waals surface area contributed by atoms with E-state index < -0.39 is 0 Å². The summed E-state index contributed by atoms with van der Waals surface area (Å²) in [5.41, 5.74) is 1.79. The zero-order valence-corrected chi connectivity index (χ0v) is 12.2. The third-order valence-corrected chi connectivity index (χ3v) is 3.65. The van der Waals surface area contributed by atoms with E-state index in [1.807, 2.05) is 60.1 Å². The van der Waals surface area contributed by atoms with Crippen molar-refractivity contribution >= 4 is 16.7 Å². The third kappa shape index (κ3) is 2.60. The molecule has 0 saturated heterocycles. The van der Waals surface area contributed by atoms with Gasteiger partial charge in [0.25, 0.3) is 0 Å². The topological polar surface area (TPSA) is 54.2 Å². The second-order valence-electron chi connectivity index (χ2n) is 5.13. The number of hydrogen-bond donors (Lipinski definition) is 1. The molecular formula is C16H18N4O. The predicted molar refractivity (Wildman–Crippen MR) is 83.0 cm³/mol. The Bertz CT molecular complexity index is 766. The summed E-state index contributed by atoms with van der Waals surface area (Å²) in [5.74, 6) is 1.80. The molecule has 3 rings (SSSR count). The van der Waals surface area contributed by atoms with Crippen LogP contribution in [0.25, 0.3) is 10.9 Å². The number of fused-ring (bicyclic) bond motifs is 1. The molecule has 1 aromatic carbocycles. The van der Waals surface area contributed by atoms with E-state index in [9.17, 15) is 5.11 Å². The first-order chi connectivity index (χ1) is 10.2. The molecule has 0 amide bonds. The van der Waals surface area contributed by atoms with Gasteiger partial charge >= 0.3 is 0 Å². The molecule has 2 aromatic heterocycles. The van der Waals surface area contributed by atoms with E-state index in [0.29, 0.717) is 6.54 Å². The van der Waals surface area contributed by atoms with Crippen LogP contribution in [0.2, 0.25) is 0 Å². The third-order valence-electron chi connectivity index (χ3n) is 3.65. The highest BCUT2D eigenvalue weighted by molar-refractivity contribution is 5.84. The van der Waals surface area contributed by atoms with E-state index in [0.717, 1.165) is 28.1 Å². The maximum atomic E-state index is 9.58. The Labute approximate surface area is 123 Å². The number of rotatable bonds is 4. The van der Waals surface area contributed by atoms with Gasteiger partial charge in [-0.15, -0.1) is 0 Å². The van der Waals surface area contributed by atoms with E-state index in [-0.39, 0.29) is 6.61 Å². The lowest BCUT2D eigenvalue weighted by Crippen LogP contribution is -2.20. The maximum Gasteiger partial charge on any atom is 0.129 e. The fraction of sp³-hybridized carbons (Fsp3) is 0.250. The summed E-state index contributed by atoms with van der Waals surface area (Å²) < 4.78 is 1.99. The average molecular weight is 282 g/mol. The van der Waals surface area contributed by atoms with Crippen LogP contribution in [-0.2, 0) is 20.2 Å². The van der Waals surface area contributed by atoms with Crippen molar-refractivity contribution in [1.29, 1.82) is 0 Å². The van der Waals surface area contributed by atoms with Gasteiger partial charge in [-0.1, -0.05) is 18.2 Å². The number of aromatic nitrogens is 3. The second kappa shape index (κ2) is 5.54. The lowest BCUT2D eigenvalue weighted by atomic mass is 10.1. The molecule has 21 heavy (non-hydrogen) atoms. The summed E-state index contributed by atoms with van der Waals surface area (Å²) in [4.78, 5) is 11.0. The molecule has 5 nitrogen and oxygen atoms in total. The average Bonchev–Trinajstić information content (AvgIpc) is 2.91. The lowest BCUT2D eigenvalue weighted by Gasteiger charge is -2.19. The number of aryl methyl sites for hydroxylation is 1. The smallest absolute Gasteiger partial charge is 0.129 e. The summed E-state index contributed by atoms with van der Waals surface area (Å²) >= 11 is 0. The van der Waals surface area contributed by atoms with Crippen LogP contribution in [0.15, 0.2) is 42.7 Å². The molecule has 0 bridgehead atoms. The number of pyridine rings is 1. The first kappa shape index (κ1) is 13.6. The Morgan fingerprint density at radius 2 is 2.10 bits per heavy atom. The summed E-state index contributed by atoms with van der Waals surface area (Å²) in [7, 11) is 3.95. The molecule has 108 valence electrons. The Kier molecular flexibility index (Phi) is 3.58. The summed E-state index contributed by atoms with van der Waals surface area (Å²) in [6, 6.07) is 9.80. The van der Waals surface area contributed by atoms with Gasteiger partial charge in [0.1, 0.15) is 11.6 Å². The molecule has 0 fully saturated rings. The van der Waals surface area contributed by atoms with Gasteiger partial charge in [-0.05, 0) is 17.7 Å². The molecule has 0 spiro atoms. The highest BCUT2D eigenvalue weighted by Gasteiger charge is 2.10. The zero-order chi connectivity index (χ0) is 14.8. The van der Waals surface area contributed by atoms with Crippen molar-refractivity contribution in [2.75, 3.05) is 11.9 Å². The summed E-state index contributed by atoms with van der Waals surface area (Å²) in [6.07, 6.45) is 3.71. The molecule has 0 saturated carbocycles. The van der Waals surface area contributed by atoms with E-state index in [2.05, 4.69) is 9.97 Å². The van der Waals surface area contributed by atoms with Crippen molar-refractivity contribution in [1.82, 2.24) is 14.5 Å². The fourth-order valence-electron chi connectivity index (χ4n) is 2.40. The fourth-order valence-corrected chi connectivity index (χ4v) is 2.40. The van der Waals surface area contributed by atoms with Gasteiger partial charge in [0.15, 0.2) is 0 Å². The summed E-state index contributed by atoms with van der Waals surface area (Å²) in [5, 5.41) is 10.6. The number of para-hydroxylation sites is 1. The number of nitrogens with zero attached hydrogens (tertiary/aromatic N) is 4. The minimum absolute atomic E-state index is 0.00623. The summed E-state index contributed by atoms with van der Waals surface area (Å²) in [6.45, 7) is 0.673. The monoisotopic (exact) mass is 282 g/mol. The van der Waals surface area contributed by atoms with Gasteiger partial charge in [-0.2, -0.15) is 0 Å². The first-order valence-corrected chi connectivity index (χ1v) is 6.86. The molecule has 0 unspecified atom stereocenters. The number of benzene rings is 1. The largest absolute Gasteiger partial charge is 0.392 e. The van der Waals surface area contributed by atoms with Crippen molar-refractivity contribution in [2.45, 2.75) is 13.2 Å². The maximum absolute atomic E-state index is 9.58. The number of anilines is 1. The number of hydrogen-bond acceptors (Lipinski definition) is 4. The molecule has 1 N–H and O–H groups in total. The number of imidazole rings is 1. The minimum atomic E-state index is 0.00623. The minimum Gasteiger partial charge on any atom is -0.392 e. The number of aliphatic hydroxyl groups excluding tert-OH is 1. The van der Waals surface area contributed by atoms with Crippen LogP contribution >= 0.6 is 0 Å². The van der Waals surface area contributed by atoms with Gasteiger partial charge in [0, 0.05) is 31.9 Å². The molecule has 0 atom stereocenters. The second-order valence-corrected chi connectivity index (χ2v) is 5.13. The highest BCUT2D eigenvalue weighted by Crippen LogP contribution is 2.23. The number of aliphatic hydroxyl groups is 1. The van der Waals surface area contributed by atoms with Gasteiger partial charge in [0.2, 0.25) is 0 Å². The van der Waals surface area contributed by atoms with Gasteiger partial charge in [0.05, 0.1) is 18.7 Å². The van der Waals surface area contributed by atoms with Crippen LogP contribution in [0, 0.1) is 0 Å². The van der Waals surface area contributed by atoms with E-state index in [4.69, 9.17) is 0 Å². The van der Waals surface area contributed by atoms with Crippen molar-refractivity contribution in [2.24, 2.45) is 7.05 Å². The Hall–Kier alpha value is -2.40. The predicted octanol–water partition coefficient (Wildman–Crippen LogP) is 2.10. The van der Waals surface area contributed by atoms with Crippen molar-refractivity contribution in [3.05, 3.63) is 54.1 Å².